The number of nitrogens with one attached hydrogen (secondary N) is 1. The van der Waals surface area contributed by atoms with E-state index in [1.54, 1.807) is 23.0 Å². The number of piperazine rings is 1. The summed E-state index contributed by atoms with van der Waals surface area (Å²) in [7, 11) is 3.55. The molecule has 1 saturated heterocycles. The zero-order valence-corrected chi connectivity index (χ0v) is 26.8. The van der Waals surface area contributed by atoms with Crippen LogP contribution >= 0.6 is 0 Å². The number of nitrogens with two attached hydrogens (primary N) is 1. The van der Waals surface area contributed by atoms with E-state index < -0.39 is 0 Å². The molecule has 3 aromatic rings. The summed E-state index contributed by atoms with van der Waals surface area (Å²) in [6.07, 6.45) is 4.20. The first-order valence-electron chi connectivity index (χ1n) is 15.9. The Morgan fingerprint density at radius 3 is 2.68 bits per heavy atom. The smallest absolute Gasteiger partial charge is 0.261 e. The highest BCUT2D eigenvalue weighted by Crippen LogP contribution is 2.61. The monoisotopic (exact) mass is 603 g/mol. The number of fused-ring (bicyclic) bond motifs is 3. The van der Waals surface area contributed by atoms with Gasteiger partial charge < -0.3 is 20.3 Å². The lowest BCUT2D eigenvalue weighted by Crippen LogP contribution is -2.63. The molecule has 7 rings (SSSR count). The molecule has 3 saturated carbocycles. The molecule has 2 bridgehead atoms. The van der Waals surface area contributed by atoms with Gasteiger partial charge in [-0.1, -0.05) is 26.8 Å². The van der Waals surface area contributed by atoms with E-state index in [1.807, 2.05) is 25.2 Å². The maximum atomic E-state index is 14.5. The van der Waals surface area contributed by atoms with Crippen molar-refractivity contribution >= 4 is 22.5 Å². The SMILES string of the molecule is COc1ccc(CCn2cnc3cc(N(C)C(=N[C@H]4C[C@@H]5C[C@H]([C@@H]4C)C5(C)C)N4C[C@H](C)N[C@@H](N)C4)ccc3c2=O)c(F)c1. The van der Waals surface area contributed by atoms with Crippen LogP contribution in [0.4, 0.5) is 10.1 Å². The highest BCUT2D eigenvalue weighted by Gasteiger charge is 2.56. The molecule has 1 aromatic heterocycles. The van der Waals surface area contributed by atoms with Gasteiger partial charge in [-0.2, -0.15) is 0 Å². The Bertz CT molecular complexity index is 1610. The Morgan fingerprint density at radius 2 is 2.00 bits per heavy atom. The average Bonchev–Trinajstić information content (AvgIpc) is 2.99. The molecule has 3 N–H and O–H groups in total. The van der Waals surface area contributed by atoms with Gasteiger partial charge in [0.1, 0.15) is 11.6 Å². The lowest BCUT2D eigenvalue weighted by molar-refractivity contribution is -0.108. The van der Waals surface area contributed by atoms with E-state index in [9.17, 15) is 9.18 Å². The Labute approximate surface area is 259 Å². The van der Waals surface area contributed by atoms with Crippen LogP contribution in [-0.2, 0) is 13.0 Å². The zero-order valence-electron chi connectivity index (χ0n) is 26.8. The predicted octanol–water partition coefficient (Wildman–Crippen LogP) is 4.23. The quantitative estimate of drug-likeness (QED) is 0.321. The summed E-state index contributed by atoms with van der Waals surface area (Å²) in [5, 5.41) is 3.96. The molecule has 44 heavy (non-hydrogen) atoms. The number of benzene rings is 2. The number of aromatic nitrogens is 2. The highest BCUT2D eigenvalue weighted by molar-refractivity contribution is 5.97. The second-order valence-electron chi connectivity index (χ2n) is 13.7. The van der Waals surface area contributed by atoms with Crippen LogP contribution < -0.4 is 26.2 Å². The number of methoxy groups -OCH3 is 1. The first-order valence-corrected chi connectivity index (χ1v) is 15.9. The third-order valence-electron chi connectivity index (χ3n) is 10.7. The highest BCUT2D eigenvalue weighted by atomic mass is 19.1. The minimum Gasteiger partial charge on any atom is -0.497 e. The van der Waals surface area contributed by atoms with Gasteiger partial charge in [0.25, 0.3) is 5.56 Å². The van der Waals surface area contributed by atoms with E-state index in [1.165, 1.54) is 19.6 Å². The molecule has 0 amide bonds. The van der Waals surface area contributed by atoms with Gasteiger partial charge in [0.15, 0.2) is 0 Å². The Hall–Kier alpha value is -3.50. The summed E-state index contributed by atoms with van der Waals surface area (Å²) in [6, 6.07) is 11.0. The van der Waals surface area contributed by atoms with Crippen molar-refractivity contribution in [2.24, 2.45) is 33.9 Å². The fourth-order valence-electron chi connectivity index (χ4n) is 7.83. The molecular weight excluding hydrogens is 557 g/mol. The number of rotatable bonds is 6. The number of hydrogen-bond donors (Lipinski definition) is 2. The topological polar surface area (TPSA) is 101 Å². The lowest BCUT2D eigenvalue weighted by Gasteiger charge is -2.61. The molecule has 2 aromatic carbocycles. The second-order valence-corrected chi connectivity index (χ2v) is 13.7. The van der Waals surface area contributed by atoms with Gasteiger partial charge in [0, 0.05) is 44.5 Å². The van der Waals surface area contributed by atoms with Crippen LogP contribution in [0.1, 0.15) is 46.1 Å². The fraction of sp³-hybridized carbons (Fsp3) is 0.559. The second kappa shape index (κ2) is 11.8. The van der Waals surface area contributed by atoms with Gasteiger partial charge >= 0.3 is 0 Å². The van der Waals surface area contributed by atoms with E-state index in [2.05, 4.69) is 47.8 Å². The van der Waals surface area contributed by atoms with Crippen molar-refractivity contribution < 1.29 is 9.13 Å². The van der Waals surface area contributed by atoms with E-state index in [-0.39, 0.29) is 29.6 Å². The molecule has 0 spiro atoms. The van der Waals surface area contributed by atoms with Gasteiger partial charge in [-0.3, -0.25) is 14.7 Å². The van der Waals surface area contributed by atoms with E-state index in [0.717, 1.165) is 24.6 Å². The minimum atomic E-state index is -0.348. The molecular formula is C34H46FN7O2. The summed E-state index contributed by atoms with van der Waals surface area (Å²) in [5.74, 6) is 2.95. The molecule has 4 fully saturated rings. The standard InChI is InChI=1S/C34H46FN7O2/c1-20-17-42(18-31(36)38-20)33(39-29-14-23-13-27(21(29)2)34(23,3)4)40(5)24-8-10-26-30(15-24)37-19-41(32(26)43)12-11-22-7-9-25(44-6)16-28(22)35/h7-10,15-16,19-21,23,27,29,31,38H,11-14,17-18,36H2,1-6H3/t20-,21-,23-,27+,29-,31+/m0/s1. The summed E-state index contributed by atoms with van der Waals surface area (Å²) >= 11 is 0. The van der Waals surface area contributed by atoms with Crippen LogP contribution in [0.5, 0.6) is 5.75 Å². The van der Waals surface area contributed by atoms with Gasteiger partial charge in [-0.05, 0) is 79.2 Å². The number of guanidine groups is 1. The third-order valence-corrected chi connectivity index (χ3v) is 10.7. The summed E-state index contributed by atoms with van der Waals surface area (Å²) in [4.78, 5) is 27.9. The zero-order chi connectivity index (χ0) is 31.3. The third kappa shape index (κ3) is 5.58. The van der Waals surface area contributed by atoms with Crippen molar-refractivity contribution in [3.63, 3.8) is 0 Å². The largest absolute Gasteiger partial charge is 0.497 e. The van der Waals surface area contributed by atoms with Crippen LogP contribution in [-0.4, -0.2) is 65.9 Å². The molecule has 0 unspecified atom stereocenters. The van der Waals surface area contributed by atoms with Crippen LogP contribution in [0.15, 0.2) is 52.5 Å². The van der Waals surface area contributed by atoms with Gasteiger partial charge in [-0.15, -0.1) is 0 Å². The summed E-state index contributed by atoms with van der Waals surface area (Å²) in [5.41, 5.74) is 8.70. The van der Waals surface area contributed by atoms with Crippen molar-refractivity contribution in [2.45, 2.75) is 71.8 Å². The van der Waals surface area contributed by atoms with Crippen LogP contribution in [0, 0.1) is 29.0 Å². The summed E-state index contributed by atoms with van der Waals surface area (Å²) in [6.45, 7) is 11.1. The predicted molar refractivity (Wildman–Crippen MR) is 174 cm³/mol. The number of halogens is 1. The molecule has 6 atom stereocenters. The molecule has 2 heterocycles. The molecule has 10 heteroatoms. The number of ether oxygens (including phenoxy) is 1. The van der Waals surface area contributed by atoms with Crippen molar-refractivity contribution in [3.8, 4) is 5.75 Å². The van der Waals surface area contributed by atoms with Crippen molar-refractivity contribution in [1.29, 1.82) is 0 Å². The molecule has 9 nitrogen and oxygen atoms in total. The van der Waals surface area contributed by atoms with Crippen molar-refractivity contribution in [3.05, 3.63) is 64.5 Å². The number of hydrogen-bond acceptors (Lipinski definition) is 6. The number of aliphatic imine (C=N–C) groups is 1. The molecule has 1 aliphatic heterocycles. The molecule has 236 valence electrons. The lowest BCUT2D eigenvalue weighted by atomic mass is 9.45. The van der Waals surface area contributed by atoms with Crippen LogP contribution in [0.2, 0.25) is 0 Å². The first-order chi connectivity index (χ1) is 21.0. The van der Waals surface area contributed by atoms with Gasteiger partial charge in [0.2, 0.25) is 5.96 Å². The van der Waals surface area contributed by atoms with E-state index >= 15 is 0 Å². The van der Waals surface area contributed by atoms with Crippen molar-refractivity contribution in [1.82, 2.24) is 19.8 Å². The maximum Gasteiger partial charge on any atom is 0.261 e. The van der Waals surface area contributed by atoms with Gasteiger partial charge in [0.05, 0.1) is 36.5 Å². The minimum absolute atomic E-state index is 0.142. The number of aryl methyl sites for hydroxylation is 2. The van der Waals surface area contributed by atoms with Crippen LogP contribution in [0.3, 0.4) is 0 Å². The van der Waals surface area contributed by atoms with Gasteiger partial charge in [-0.25, -0.2) is 14.4 Å². The number of anilines is 1. The van der Waals surface area contributed by atoms with E-state index in [0.29, 0.717) is 64.9 Å². The Kier molecular flexibility index (Phi) is 8.17. The van der Waals surface area contributed by atoms with Crippen molar-refractivity contribution in [2.75, 3.05) is 32.1 Å². The maximum absolute atomic E-state index is 14.5. The van der Waals surface area contributed by atoms with E-state index in [4.69, 9.17) is 15.5 Å². The Balaban J connectivity index is 1.27. The molecule has 0 radical (unpaired) electrons. The fourth-order valence-corrected chi connectivity index (χ4v) is 7.83. The number of nitrogens with zero attached hydrogens (tertiary/aromatic N) is 5. The summed E-state index contributed by atoms with van der Waals surface area (Å²) < 4.78 is 21.1. The van der Waals surface area contributed by atoms with Crippen LogP contribution in [0.25, 0.3) is 10.9 Å². The average molecular weight is 604 g/mol. The Morgan fingerprint density at radius 1 is 1.20 bits per heavy atom. The first kappa shape index (κ1) is 30.5. The molecule has 3 aliphatic carbocycles. The normalized spacial score (nSPS) is 28.1. The molecule has 4 aliphatic rings.